The maximum atomic E-state index is 12.4. The van der Waals surface area contributed by atoms with Crippen molar-refractivity contribution >= 4 is 27.2 Å². The summed E-state index contributed by atoms with van der Waals surface area (Å²) in [5, 5.41) is 0.154. The smallest absolute Gasteiger partial charge is 0.180 e. The molecule has 0 saturated carbocycles. The Bertz CT molecular complexity index is 638. The molecule has 1 aliphatic heterocycles. The maximum Gasteiger partial charge on any atom is 0.180 e. The van der Waals surface area contributed by atoms with Gasteiger partial charge in [-0.2, -0.15) is 0 Å². The predicted octanol–water partition coefficient (Wildman–Crippen LogP) is 1.97. The zero-order valence-corrected chi connectivity index (χ0v) is 12.8. The zero-order chi connectivity index (χ0) is 14.9. The van der Waals surface area contributed by atoms with E-state index < -0.39 is 15.8 Å². The summed E-state index contributed by atoms with van der Waals surface area (Å²) >= 11 is 6.16. The molecule has 1 heterocycles. The highest BCUT2D eigenvalue weighted by atomic mass is 35.5. The van der Waals surface area contributed by atoms with Gasteiger partial charge in [0, 0.05) is 11.5 Å². The van der Waals surface area contributed by atoms with Gasteiger partial charge in [-0.25, -0.2) is 8.42 Å². The number of carbonyl (C=O) groups is 1. The van der Waals surface area contributed by atoms with Crippen molar-refractivity contribution in [2.45, 2.75) is 6.42 Å². The minimum atomic E-state index is -3.11. The molecule has 0 amide bonds. The normalized spacial score (nSPS) is 20.6. The summed E-state index contributed by atoms with van der Waals surface area (Å²) in [7, 11) is -0.210. The Kier molecular flexibility index (Phi) is 4.25. The van der Waals surface area contributed by atoms with E-state index in [0.717, 1.165) is 0 Å². The van der Waals surface area contributed by atoms with E-state index in [1.54, 1.807) is 6.07 Å². The standard InChI is InChI=1S/C13H15ClO5S/c1-18-10-4-3-9(11(14)13(10)19-2)12(15)8-5-6-20(16,17)7-8/h3-4,8H,5-7H2,1-2H3. The van der Waals surface area contributed by atoms with E-state index in [1.807, 2.05) is 0 Å². The van der Waals surface area contributed by atoms with Gasteiger partial charge in [-0.05, 0) is 18.6 Å². The monoisotopic (exact) mass is 318 g/mol. The lowest BCUT2D eigenvalue weighted by molar-refractivity contribution is 0.0933. The summed E-state index contributed by atoms with van der Waals surface area (Å²) in [6.07, 6.45) is 0.339. The molecule has 0 aliphatic carbocycles. The topological polar surface area (TPSA) is 69.7 Å². The molecule has 0 bridgehead atoms. The Hall–Kier alpha value is -1.27. The lowest BCUT2D eigenvalue weighted by atomic mass is 9.97. The third kappa shape index (κ3) is 2.76. The highest BCUT2D eigenvalue weighted by molar-refractivity contribution is 7.91. The lowest BCUT2D eigenvalue weighted by Gasteiger charge is -2.14. The van der Waals surface area contributed by atoms with E-state index in [1.165, 1.54) is 20.3 Å². The van der Waals surface area contributed by atoms with Gasteiger partial charge < -0.3 is 9.47 Å². The first-order valence-corrected chi connectivity index (χ1v) is 8.24. The average Bonchev–Trinajstić information content (AvgIpc) is 2.77. The van der Waals surface area contributed by atoms with E-state index in [9.17, 15) is 13.2 Å². The molecule has 1 saturated heterocycles. The van der Waals surface area contributed by atoms with Crippen molar-refractivity contribution < 1.29 is 22.7 Å². The van der Waals surface area contributed by atoms with Gasteiger partial charge in [0.25, 0.3) is 0 Å². The molecule has 2 rings (SSSR count). The average molecular weight is 319 g/mol. The van der Waals surface area contributed by atoms with Crippen molar-refractivity contribution in [1.29, 1.82) is 0 Å². The van der Waals surface area contributed by atoms with Gasteiger partial charge in [-0.1, -0.05) is 11.6 Å². The molecule has 20 heavy (non-hydrogen) atoms. The highest BCUT2D eigenvalue weighted by Gasteiger charge is 2.34. The van der Waals surface area contributed by atoms with E-state index in [0.29, 0.717) is 12.2 Å². The summed E-state index contributed by atoms with van der Waals surface area (Å²) in [5.41, 5.74) is 0.270. The Morgan fingerprint density at radius 3 is 2.50 bits per heavy atom. The molecule has 0 spiro atoms. The van der Waals surface area contributed by atoms with Crippen LogP contribution in [0.4, 0.5) is 0 Å². The number of rotatable bonds is 4. The highest BCUT2D eigenvalue weighted by Crippen LogP contribution is 2.38. The number of sulfone groups is 1. The van der Waals surface area contributed by atoms with Crippen LogP contribution in [0.15, 0.2) is 12.1 Å². The fourth-order valence-electron chi connectivity index (χ4n) is 2.30. The number of carbonyl (C=O) groups excluding carboxylic acids is 1. The molecular formula is C13H15ClO5S. The number of Topliss-reactive ketones (excluding diaryl/α,β-unsaturated/α-hetero) is 1. The SMILES string of the molecule is COc1ccc(C(=O)C2CCS(=O)(=O)C2)c(Cl)c1OC. The van der Waals surface area contributed by atoms with Gasteiger partial charge in [-0.15, -0.1) is 0 Å². The molecule has 0 radical (unpaired) electrons. The Morgan fingerprint density at radius 2 is 2.00 bits per heavy atom. The summed E-state index contributed by atoms with van der Waals surface area (Å²) in [5.74, 6) is -0.160. The van der Waals surface area contributed by atoms with Crippen LogP contribution >= 0.6 is 11.6 Å². The molecule has 5 nitrogen and oxygen atoms in total. The number of methoxy groups -OCH3 is 2. The molecule has 1 atom stereocenters. The van der Waals surface area contributed by atoms with Gasteiger partial charge in [0.15, 0.2) is 27.1 Å². The van der Waals surface area contributed by atoms with Crippen molar-refractivity contribution in [3.63, 3.8) is 0 Å². The van der Waals surface area contributed by atoms with E-state index in [-0.39, 0.29) is 33.6 Å². The second-order valence-corrected chi connectivity index (χ2v) is 7.23. The van der Waals surface area contributed by atoms with Gasteiger partial charge in [0.1, 0.15) is 0 Å². The zero-order valence-electron chi connectivity index (χ0n) is 11.2. The van der Waals surface area contributed by atoms with Gasteiger partial charge in [0.05, 0.1) is 30.7 Å². The van der Waals surface area contributed by atoms with Gasteiger partial charge >= 0.3 is 0 Å². The third-order valence-electron chi connectivity index (χ3n) is 3.35. The van der Waals surface area contributed by atoms with E-state index >= 15 is 0 Å². The fourth-order valence-corrected chi connectivity index (χ4v) is 4.37. The van der Waals surface area contributed by atoms with Crippen LogP contribution in [0.3, 0.4) is 0 Å². The first-order valence-electron chi connectivity index (χ1n) is 6.04. The molecule has 1 aromatic carbocycles. The molecule has 1 unspecified atom stereocenters. The molecule has 0 aromatic heterocycles. The number of hydrogen-bond acceptors (Lipinski definition) is 5. The van der Waals surface area contributed by atoms with Crippen molar-refractivity contribution in [3.05, 3.63) is 22.7 Å². The lowest BCUT2D eigenvalue weighted by Crippen LogP contribution is -2.17. The molecule has 110 valence electrons. The number of benzene rings is 1. The van der Waals surface area contributed by atoms with Crippen LogP contribution in [0.5, 0.6) is 11.5 Å². The summed E-state index contributed by atoms with van der Waals surface area (Å²) in [6.45, 7) is 0. The van der Waals surface area contributed by atoms with Crippen LogP contribution in [0.2, 0.25) is 5.02 Å². The quantitative estimate of drug-likeness (QED) is 0.794. The molecule has 0 N–H and O–H groups in total. The van der Waals surface area contributed by atoms with Crippen molar-refractivity contribution in [1.82, 2.24) is 0 Å². The number of halogens is 1. The largest absolute Gasteiger partial charge is 0.493 e. The Balaban J connectivity index is 2.36. The third-order valence-corrected chi connectivity index (χ3v) is 5.50. The van der Waals surface area contributed by atoms with Crippen molar-refractivity contribution in [2.24, 2.45) is 5.92 Å². The molecule has 1 aliphatic rings. The van der Waals surface area contributed by atoms with Crippen LogP contribution in [-0.4, -0.2) is 39.9 Å². The summed E-state index contributed by atoms with van der Waals surface area (Å²) in [4.78, 5) is 12.4. The Labute approximate surface area is 122 Å². The molecular weight excluding hydrogens is 304 g/mol. The van der Waals surface area contributed by atoms with Crippen molar-refractivity contribution in [2.75, 3.05) is 25.7 Å². The molecule has 1 aromatic rings. The number of ether oxygens (including phenoxy) is 2. The molecule has 1 fully saturated rings. The van der Waals surface area contributed by atoms with Gasteiger partial charge in [0.2, 0.25) is 0 Å². The van der Waals surface area contributed by atoms with E-state index in [2.05, 4.69) is 0 Å². The maximum absolute atomic E-state index is 12.4. The number of hydrogen-bond donors (Lipinski definition) is 0. The van der Waals surface area contributed by atoms with Crippen LogP contribution < -0.4 is 9.47 Å². The fraction of sp³-hybridized carbons (Fsp3) is 0.462. The van der Waals surface area contributed by atoms with E-state index in [4.69, 9.17) is 21.1 Å². The minimum absolute atomic E-state index is 0.0499. The van der Waals surface area contributed by atoms with Crippen LogP contribution in [0, 0.1) is 5.92 Å². The molecule has 7 heteroatoms. The Morgan fingerprint density at radius 1 is 1.30 bits per heavy atom. The first kappa shape index (κ1) is 15.1. The summed E-state index contributed by atoms with van der Waals surface area (Å²) in [6, 6.07) is 3.12. The predicted molar refractivity (Wildman–Crippen MR) is 75.6 cm³/mol. The van der Waals surface area contributed by atoms with Gasteiger partial charge in [-0.3, -0.25) is 4.79 Å². The number of ketones is 1. The van der Waals surface area contributed by atoms with Crippen LogP contribution in [0.25, 0.3) is 0 Å². The minimum Gasteiger partial charge on any atom is -0.493 e. The van der Waals surface area contributed by atoms with Crippen LogP contribution in [0.1, 0.15) is 16.8 Å². The summed E-state index contributed by atoms with van der Waals surface area (Å²) < 4.78 is 33.1. The second-order valence-electron chi connectivity index (χ2n) is 4.63. The van der Waals surface area contributed by atoms with Crippen molar-refractivity contribution in [3.8, 4) is 11.5 Å². The second kappa shape index (κ2) is 5.61. The van der Waals surface area contributed by atoms with Crippen LogP contribution in [-0.2, 0) is 9.84 Å². The first-order chi connectivity index (χ1) is 9.39.